The molecular formula is C30H33N7O. The van der Waals surface area contributed by atoms with Gasteiger partial charge in [0.25, 0.3) is 0 Å². The Balaban J connectivity index is 1.52. The maximum Gasteiger partial charge on any atom is 0.333 e. The minimum atomic E-state index is 0.00646. The predicted octanol–water partition coefficient (Wildman–Crippen LogP) is 5.57. The average molecular weight is 508 g/mol. The van der Waals surface area contributed by atoms with Crippen LogP contribution < -0.4 is 5.69 Å². The number of aryl methyl sites for hydroxylation is 2. The van der Waals surface area contributed by atoms with Crippen molar-refractivity contribution in [3.05, 3.63) is 99.9 Å². The van der Waals surface area contributed by atoms with Crippen LogP contribution in [0.2, 0.25) is 0 Å². The highest BCUT2D eigenvalue weighted by molar-refractivity contribution is 5.77. The third-order valence-electron chi connectivity index (χ3n) is 6.93. The summed E-state index contributed by atoms with van der Waals surface area (Å²) in [7, 11) is 0. The van der Waals surface area contributed by atoms with E-state index in [2.05, 4.69) is 95.8 Å². The molecule has 0 aliphatic heterocycles. The largest absolute Gasteiger partial charge is 0.333 e. The molecule has 5 rings (SSSR count). The van der Waals surface area contributed by atoms with Gasteiger partial charge in [-0.3, -0.25) is 14.1 Å². The molecule has 0 aliphatic rings. The number of H-pyrrole nitrogens is 1. The van der Waals surface area contributed by atoms with Gasteiger partial charge in [0.2, 0.25) is 5.82 Å². The first-order valence-electron chi connectivity index (χ1n) is 13.2. The summed E-state index contributed by atoms with van der Waals surface area (Å²) in [5.74, 6) is 0.772. The number of aromatic amines is 1. The van der Waals surface area contributed by atoms with E-state index >= 15 is 0 Å². The summed E-state index contributed by atoms with van der Waals surface area (Å²) in [6.45, 7) is 9.17. The fourth-order valence-electron chi connectivity index (χ4n) is 5.02. The summed E-state index contributed by atoms with van der Waals surface area (Å²) >= 11 is 0. The topological polar surface area (TPSA) is 94.3 Å². The van der Waals surface area contributed by atoms with Crippen molar-refractivity contribution in [3.8, 4) is 28.3 Å². The van der Waals surface area contributed by atoms with Crippen LogP contribution in [-0.4, -0.2) is 34.7 Å². The first-order chi connectivity index (χ1) is 18.5. The molecule has 5 aromatic rings. The van der Waals surface area contributed by atoms with E-state index in [1.54, 1.807) is 6.20 Å². The predicted molar refractivity (Wildman–Crippen MR) is 149 cm³/mol. The molecule has 3 heterocycles. The fraction of sp³-hybridized carbons (Fsp3) is 0.300. The highest BCUT2D eigenvalue weighted by atomic mass is 16.1. The second kappa shape index (κ2) is 11.0. The molecule has 0 saturated carbocycles. The van der Waals surface area contributed by atoms with Crippen LogP contribution in [-0.2, 0) is 19.4 Å². The molecule has 0 bridgehead atoms. The molecule has 0 aliphatic carbocycles. The number of hydrogen-bond acceptors (Lipinski definition) is 5. The number of para-hydroxylation sites is 1. The Morgan fingerprint density at radius 2 is 1.82 bits per heavy atom. The number of imidazole rings is 1. The van der Waals surface area contributed by atoms with Crippen LogP contribution in [0.3, 0.4) is 0 Å². The molecule has 0 unspecified atom stereocenters. The Hall–Kier alpha value is -4.33. The monoisotopic (exact) mass is 507 g/mol. The van der Waals surface area contributed by atoms with E-state index in [-0.39, 0.29) is 5.69 Å². The Kier molecular flexibility index (Phi) is 7.31. The number of aromatic nitrogens is 7. The highest BCUT2D eigenvalue weighted by Gasteiger charge is 2.19. The van der Waals surface area contributed by atoms with Gasteiger partial charge in [-0.15, -0.1) is 10.2 Å². The van der Waals surface area contributed by atoms with Crippen molar-refractivity contribution in [2.24, 2.45) is 0 Å². The van der Waals surface area contributed by atoms with Gasteiger partial charge in [0, 0.05) is 23.7 Å². The fourth-order valence-corrected chi connectivity index (χ4v) is 5.02. The van der Waals surface area contributed by atoms with Crippen molar-refractivity contribution in [1.29, 1.82) is 0 Å². The van der Waals surface area contributed by atoms with E-state index in [9.17, 15) is 4.79 Å². The van der Waals surface area contributed by atoms with Gasteiger partial charge >= 0.3 is 5.69 Å². The van der Waals surface area contributed by atoms with Crippen LogP contribution in [0.1, 0.15) is 62.4 Å². The minimum absolute atomic E-state index is 0.00646. The molecule has 8 heteroatoms. The summed E-state index contributed by atoms with van der Waals surface area (Å²) in [5.41, 5.74) is 8.13. The lowest BCUT2D eigenvalue weighted by molar-refractivity contribution is 0.689. The van der Waals surface area contributed by atoms with Gasteiger partial charge in [-0.25, -0.2) is 4.79 Å². The summed E-state index contributed by atoms with van der Waals surface area (Å²) in [6.07, 6.45) is 6.45. The molecule has 38 heavy (non-hydrogen) atoms. The Morgan fingerprint density at radius 1 is 1.00 bits per heavy atom. The molecule has 0 atom stereocenters. The summed E-state index contributed by atoms with van der Waals surface area (Å²) in [6, 6.07) is 18.5. The van der Waals surface area contributed by atoms with Crippen LogP contribution in [0, 0.1) is 0 Å². The van der Waals surface area contributed by atoms with E-state index in [1.165, 1.54) is 11.1 Å². The lowest BCUT2D eigenvalue weighted by atomic mass is 9.96. The number of hydrogen-bond donors (Lipinski definition) is 1. The number of rotatable bonds is 9. The maximum atomic E-state index is 13.9. The minimum Gasteiger partial charge on any atom is -0.292 e. The van der Waals surface area contributed by atoms with Gasteiger partial charge in [0.15, 0.2) is 0 Å². The standard InChI is InChI=1S/C30H33N7O/c1-5-9-24-19-37(28-22(6-2)10-7-11-25(28)20(3)4)30(38)36(24)18-21-13-15-23(16-14-21)26-12-8-17-31-27(26)29-32-34-35-33-29/h7-8,10-17,19-20H,5-6,9,18H2,1-4H3,(H,32,33,34,35). The smallest absolute Gasteiger partial charge is 0.292 e. The quantitative estimate of drug-likeness (QED) is 0.282. The molecule has 0 spiro atoms. The van der Waals surface area contributed by atoms with Crippen LogP contribution in [0.15, 0.2) is 71.8 Å². The van der Waals surface area contributed by atoms with Crippen molar-refractivity contribution in [2.75, 3.05) is 0 Å². The van der Waals surface area contributed by atoms with E-state index in [4.69, 9.17) is 0 Å². The number of nitrogens with one attached hydrogen (secondary N) is 1. The summed E-state index contributed by atoms with van der Waals surface area (Å²) < 4.78 is 3.80. The maximum absolute atomic E-state index is 13.9. The first-order valence-corrected chi connectivity index (χ1v) is 13.2. The van der Waals surface area contributed by atoms with Gasteiger partial charge in [-0.1, -0.05) is 82.6 Å². The first kappa shape index (κ1) is 25.3. The third kappa shape index (κ3) is 4.81. The second-order valence-electron chi connectivity index (χ2n) is 9.80. The molecule has 194 valence electrons. The molecule has 1 N–H and O–H groups in total. The van der Waals surface area contributed by atoms with Crippen molar-refractivity contribution in [2.45, 2.75) is 59.4 Å². The van der Waals surface area contributed by atoms with Crippen LogP contribution in [0.4, 0.5) is 0 Å². The average Bonchev–Trinajstić information content (AvgIpc) is 3.58. The normalized spacial score (nSPS) is 11.4. The molecule has 3 aromatic heterocycles. The molecular weight excluding hydrogens is 474 g/mol. The zero-order chi connectivity index (χ0) is 26.6. The third-order valence-corrected chi connectivity index (χ3v) is 6.93. The van der Waals surface area contributed by atoms with Gasteiger partial charge in [0.1, 0.15) is 5.69 Å². The second-order valence-corrected chi connectivity index (χ2v) is 9.80. The Bertz CT molecular complexity index is 1580. The lowest BCUT2D eigenvalue weighted by Gasteiger charge is -2.16. The van der Waals surface area contributed by atoms with E-state index in [0.29, 0.717) is 24.0 Å². The van der Waals surface area contributed by atoms with Crippen LogP contribution in [0.5, 0.6) is 0 Å². The van der Waals surface area contributed by atoms with Crippen molar-refractivity contribution in [3.63, 3.8) is 0 Å². The molecule has 8 nitrogen and oxygen atoms in total. The number of benzene rings is 2. The van der Waals surface area contributed by atoms with Gasteiger partial charge in [0.05, 0.1) is 12.2 Å². The molecule has 0 fully saturated rings. The highest BCUT2D eigenvalue weighted by Crippen LogP contribution is 2.29. The number of tetrazole rings is 1. The van der Waals surface area contributed by atoms with Crippen molar-refractivity contribution >= 4 is 0 Å². The van der Waals surface area contributed by atoms with Crippen LogP contribution >= 0.6 is 0 Å². The zero-order valence-corrected chi connectivity index (χ0v) is 22.3. The van der Waals surface area contributed by atoms with Gasteiger partial charge in [-0.2, -0.15) is 5.21 Å². The van der Waals surface area contributed by atoms with E-state index in [0.717, 1.165) is 47.3 Å². The summed E-state index contributed by atoms with van der Waals surface area (Å²) in [4.78, 5) is 18.3. The van der Waals surface area contributed by atoms with Gasteiger partial charge in [-0.05, 0) is 52.3 Å². The summed E-state index contributed by atoms with van der Waals surface area (Å²) in [5, 5.41) is 14.3. The lowest BCUT2D eigenvalue weighted by Crippen LogP contribution is -2.26. The zero-order valence-electron chi connectivity index (χ0n) is 22.3. The molecule has 0 amide bonds. The Labute approximate surface area is 222 Å². The number of pyridine rings is 1. The van der Waals surface area contributed by atoms with E-state index < -0.39 is 0 Å². The van der Waals surface area contributed by atoms with Crippen molar-refractivity contribution in [1.82, 2.24) is 34.7 Å². The molecule has 0 radical (unpaired) electrons. The molecule has 0 saturated heterocycles. The SMILES string of the molecule is CCCc1cn(-c2c(CC)cccc2C(C)C)c(=O)n1Cc1ccc(-c2cccnc2-c2nn[nH]n2)cc1. The number of nitrogens with zero attached hydrogens (tertiary/aromatic N) is 6. The Morgan fingerprint density at radius 3 is 2.50 bits per heavy atom. The van der Waals surface area contributed by atoms with E-state index in [1.807, 2.05) is 27.5 Å². The van der Waals surface area contributed by atoms with Gasteiger partial charge < -0.3 is 0 Å². The van der Waals surface area contributed by atoms with Crippen LogP contribution in [0.25, 0.3) is 28.3 Å². The van der Waals surface area contributed by atoms with Crippen molar-refractivity contribution < 1.29 is 0 Å². The molecule has 2 aromatic carbocycles.